The van der Waals surface area contributed by atoms with Gasteiger partial charge in [-0.3, -0.25) is 9.59 Å². The van der Waals surface area contributed by atoms with Crippen LogP contribution in [0.25, 0.3) is 11.3 Å². The number of carbonyl (C=O) groups is 2. The fourth-order valence-corrected chi connectivity index (χ4v) is 3.38. The van der Waals surface area contributed by atoms with Crippen LogP contribution in [-0.4, -0.2) is 59.3 Å². The molecule has 31 heavy (non-hydrogen) atoms. The lowest BCUT2D eigenvalue weighted by atomic mass is 10.0. The molecule has 1 saturated heterocycles. The third kappa shape index (κ3) is 5.20. The van der Waals surface area contributed by atoms with E-state index < -0.39 is 36.4 Å². The standard InChI is InChI=1S/C20H18ClF3N4O3/c1-3-18(29)28-8-14(31-15(9-28)19(23)24)11-5-12(26-16(21)6-11)10-4-13(20(30)25-2)27-17(22)7-10/h3-7,14-15,19H,1,8-9H2,2H3,(H,25,30). The van der Waals surface area contributed by atoms with Gasteiger partial charge in [0, 0.05) is 18.7 Å². The molecule has 0 spiro atoms. The molecule has 0 aromatic carbocycles. The summed E-state index contributed by atoms with van der Waals surface area (Å²) in [5.41, 5.74) is 0.574. The highest BCUT2D eigenvalue weighted by molar-refractivity contribution is 6.29. The Balaban J connectivity index is 2.00. The van der Waals surface area contributed by atoms with Crippen molar-refractivity contribution >= 4 is 23.4 Å². The van der Waals surface area contributed by atoms with E-state index in [0.717, 1.165) is 12.1 Å². The van der Waals surface area contributed by atoms with Crippen molar-refractivity contribution in [3.63, 3.8) is 0 Å². The number of nitrogens with one attached hydrogen (secondary N) is 1. The van der Waals surface area contributed by atoms with Crippen LogP contribution in [0, 0.1) is 5.95 Å². The van der Waals surface area contributed by atoms with Crippen LogP contribution in [0.2, 0.25) is 5.15 Å². The average molecular weight is 455 g/mol. The number of aromatic nitrogens is 2. The van der Waals surface area contributed by atoms with Gasteiger partial charge < -0.3 is 15.0 Å². The molecule has 1 aliphatic rings. The normalized spacial score (nSPS) is 18.7. The van der Waals surface area contributed by atoms with Crippen molar-refractivity contribution in [3.05, 3.63) is 59.3 Å². The zero-order valence-electron chi connectivity index (χ0n) is 16.3. The summed E-state index contributed by atoms with van der Waals surface area (Å²) in [6, 6.07) is 5.27. The number of alkyl halides is 2. The van der Waals surface area contributed by atoms with Crippen LogP contribution < -0.4 is 5.32 Å². The van der Waals surface area contributed by atoms with Crippen molar-refractivity contribution in [2.24, 2.45) is 0 Å². The minimum absolute atomic E-state index is 0.00409. The maximum Gasteiger partial charge on any atom is 0.269 e. The zero-order valence-corrected chi connectivity index (χ0v) is 17.1. The molecule has 7 nitrogen and oxygen atoms in total. The van der Waals surface area contributed by atoms with E-state index in [0.29, 0.717) is 5.56 Å². The number of ether oxygens (including phenoxy) is 1. The van der Waals surface area contributed by atoms with E-state index in [2.05, 4.69) is 21.9 Å². The molecular weight excluding hydrogens is 437 g/mol. The molecule has 1 N–H and O–H groups in total. The van der Waals surface area contributed by atoms with Gasteiger partial charge in [-0.15, -0.1) is 0 Å². The quantitative estimate of drug-likeness (QED) is 0.554. The first kappa shape index (κ1) is 22.7. The second kappa shape index (κ2) is 9.44. The highest BCUT2D eigenvalue weighted by Gasteiger charge is 2.36. The first-order chi connectivity index (χ1) is 14.7. The Labute approximate surface area is 180 Å². The van der Waals surface area contributed by atoms with Crippen LogP contribution in [0.5, 0.6) is 0 Å². The first-order valence-electron chi connectivity index (χ1n) is 9.14. The van der Waals surface area contributed by atoms with Gasteiger partial charge in [0.1, 0.15) is 23.1 Å². The number of halogens is 4. The van der Waals surface area contributed by atoms with Crippen LogP contribution >= 0.6 is 11.6 Å². The highest BCUT2D eigenvalue weighted by Crippen LogP contribution is 2.32. The van der Waals surface area contributed by atoms with Gasteiger partial charge in [-0.1, -0.05) is 18.2 Å². The van der Waals surface area contributed by atoms with E-state index in [1.54, 1.807) is 0 Å². The predicted molar refractivity (Wildman–Crippen MR) is 106 cm³/mol. The largest absolute Gasteiger partial charge is 0.361 e. The molecule has 2 aromatic heterocycles. The summed E-state index contributed by atoms with van der Waals surface area (Å²) in [6.45, 7) is 3.09. The van der Waals surface area contributed by atoms with Crippen LogP contribution in [0.1, 0.15) is 22.2 Å². The van der Waals surface area contributed by atoms with Crippen LogP contribution in [0.15, 0.2) is 36.9 Å². The molecule has 3 rings (SSSR count). The number of morpholine rings is 1. The second-order valence-electron chi connectivity index (χ2n) is 6.70. The van der Waals surface area contributed by atoms with Gasteiger partial charge in [-0.2, -0.15) is 4.39 Å². The number of rotatable bonds is 5. The Morgan fingerprint density at radius 1 is 1.29 bits per heavy atom. The number of carbonyl (C=O) groups excluding carboxylic acids is 2. The fraction of sp³-hybridized carbons (Fsp3) is 0.300. The lowest BCUT2D eigenvalue weighted by molar-refractivity contribution is -0.159. The van der Waals surface area contributed by atoms with E-state index >= 15 is 0 Å². The lowest BCUT2D eigenvalue weighted by Gasteiger charge is -2.37. The minimum Gasteiger partial charge on any atom is -0.361 e. The van der Waals surface area contributed by atoms with Gasteiger partial charge in [0.2, 0.25) is 11.9 Å². The monoisotopic (exact) mass is 454 g/mol. The molecule has 3 heterocycles. The van der Waals surface area contributed by atoms with Crippen molar-refractivity contribution in [3.8, 4) is 11.3 Å². The number of amides is 2. The van der Waals surface area contributed by atoms with Gasteiger partial charge in [0.15, 0.2) is 0 Å². The van der Waals surface area contributed by atoms with Crippen molar-refractivity contribution in [2.45, 2.75) is 18.6 Å². The van der Waals surface area contributed by atoms with Crippen molar-refractivity contribution in [1.29, 1.82) is 0 Å². The van der Waals surface area contributed by atoms with Crippen molar-refractivity contribution in [2.75, 3.05) is 20.1 Å². The molecule has 1 fully saturated rings. The van der Waals surface area contributed by atoms with Crippen molar-refractivity contribution in [1.82, 2.24) is 20.2 Å². The predicted octanol–water partition coefficient (Wildman–Crippen LogP) is 3.02. The Bertz CT molecular complexity index is 1020. The maximum absolute atomic E-state index is 14.0. The fourth-order valence-electron chi connectivity index (χ4n) is 3.16. The maximum atomic E-state index is 14.0. The number of pyridine rings is 2. The summed E-state index contributed by atoms with van der Waals surface area (Å²) in [5, 5.41) is 2.34. The Morgan fingerprint density at radius 3 is 2.68 bits per heavy atom. The lowest BCUT2D eigenvalue weighted by Crippen LogP contribution is -2.48. The van der Waals surface area contributed by atoms with E-state index in [4.69, 9.17) is 16.3 Å². The average Bonchev–Trinajstić information content (AvgIpc) is 2.76. The summed E-state index contributed by atoms with van der Waals surface area (Å²) >= 11 is 6.11. The Kier molecular flexibility index (Phi) is 6.91. The molecule has 0 saturated carbocycles. The van der Waals surface area contributed by atoms with E-state index in [9.17, 15) is 22.8 Å². The molecule has 2 amide bonds. The summed E-state index contributed by atoms with van der Waals surface area (Å²) in [4.78, 5) is 32.7. The molecule has 2 aromatic rings. The molecule has 2 atom stereocenters. The summed E-state index contributed by atoms with van der Waals surface area (Å²) < 4.78 is 46.2. The van der Waals surface area contributed by atoms with Crippen LogP contribution in [0.3, 0.4) is 0 Å². The van der Waals surface area contributed by atoms with Gasteiger partial charge in [0.25, 0.3) is 12.3 Å². The molecule has 0 aliphatic carbocycles. The van der Waals surface area contributed by atoms with Gasteiger partial charge in [0.05, 0.1) is 18.8 Å². The molecule has 164 valence electrons. The zero-order chi connectivity index (χ0) is 22.7. The van der Waals surface area contributed by atoms with Gasteiger partial charge in [-0.25, -0.2) is 18.7 Å². The molecule has 1 aliphatic heterocycles. The summed E-state index contributed by atoms with van der Waals surface area (Å²) in [6.07, 6.45) is -4.21. The summed E-state index contributed by atoms with van der Waals surface area (Å²) in [5.74, 6) is -2.02. The SMILES string of the molecule is C=CC(=O)N1CC(c2cc(Cl)nc(-c3cc(F)nc(C(=O)NC)c3)c2)OC(C(F)F)C1. The smallest absolute Gasteiger partial charge is 0.269 e. The molecule has 0 bridgehead atoms. The third-order valence-corrected chi connectivity index (χ3v) is 4.82. The van der Waals surface area contributed by atoms with E-state index in [1.807, 2.05) is 0 Å². The number of hydrogen-bond acceptors (Lipinski definition) is 5. The van der Waals surface area contributed by atoms with E-state index in [-0.39, 0.29) is 35.2 Å². The molecule has 11 heteroatoms. The van der Waals surface area contributed by atoms with Crippen LogP contribution in [-0.2, 0) is 9.53 Å². The van der Waals surface area contributed by atoms with Gasteiger partial charge >= 0.3 is 0 Å². The molecular formula is C20H18ClF3N4O3. The first-order valence-corrected chi connectivity index (χ1v) is 9.52. The Hall–Kier alpha value is -2.98. The minimum atomic E-state index is -2.82. The van der Waals surface area contributed by atoms with E-state index in [1.165, 1.54) is 30.1 Å². The van der Waals surface area contributed by atoms with Gasteiger partial charge in [-0.05, 0) is 29.8 Å². The highest BCUT2D eigenvalue weighted by atomic mass is 35.5. The summed E-state index contributed by atoms with van der Waals surface area (Å²) in [7, 11) is 1.38. The molecule has 0 radical (unpaired) electrons. The number of hydrogen-bond donors (Lipinski definition) is 1. The third-order valence-electron chi connectivity index (χ3n) is 4.63. The second-order valence-corrected chi connectivity index (χ2v) is 7.08. The number of nitrogens with zero attached hydrogens (tertiary/aromatic N) is 3. The molecule has 2 unspecified atom stereocenters. The topological polar surface area (TPSA) is 84.4 Å². The Morgan fingerprint density at radius 2 is 2.03 bits per heavy atom. The van der Waals surface area contributed by atoms with Crippen LogP contribution in [0.4, 0.5) is 13.2 Å². The van der Waals surface area contributed by atoms with Crippen molar-refractivity contribution < 1.29 is 27.5 Å².